The first-order valence-electron chi connectivity index (χ1n) is 6.94. The number of aliphatic imine (C=N–C) groups is 1. The molecule has 0 aliphatic carbocycles. The van der Waals surface area contributed by atoms with Crippen LogP contribution in [-0.2, 0) is 19.5 Å². The van der Waals surface area contributed by atoms with Gasteiger partial charge in [0.05, 0.1) is 17.7 Å². The van der Waals surface area contributed by atoms with Crippen molar-refractivity contribution >= 4 is 17.3 Å². The Bertz CT molecular complexity index is 587. The van der Waals surface area contributed by atoms with E-state index in [4.69, 9.17) is 0 Å². The Labute approximate surface area is 128 Å². The number of guanidine groups is 1. The lowest BCUT2D eigenvalue weighted by Crippen LogP contribution is -2.38. The number of hydrogen-bond donors (Lipinski definition) is 2. The number of thiazole rings is 1. The fourth-order valence-electron chi connectivity index (χ4n) is 1.91. The van der Waals surface area contributed by atoms with Gasteiger partial charge in [-0.2, -0.15) is 0 Å². The summed E-state index contributed by atoms with van der Waals surface area (Å²) in [5.74, 6) is 1.79. The zero-order valence-electron chi connectivity index (χ0n) is 12.6. The van der Waals surface area contributed by atoms with Gasteiger partial charge in [-0.05, 0) is 6.92 Å². The molecule has 0 saturated heterocycles. The molecular weight excluding hydrogens is 286 g/mol. The summed E-state index contributed by atoms with van der Waals surface area (Å²) in [4.78, 5) is 9.68. The second kappa shape index (κ2) is 7.72. The van der Waals surface area contributed by atoms with Crippen molar-refractivity contribution in [1.82, 2.24) is 30.4 Å². The van der Waals surface area contributed by atoms with Crippen molar-refractivity contribution in [3.63, 3.8) is 0 Å². The highest BCUT2D eigenvalue weighted by molar-refractivity contribution is 7.09. The minimum Gasteiger partial charge on any atom is -0.355 e. The lowest BCUT2D eigenvalue weighted by molar-refractivity contribution is 0.632. The van der Waals surface area contributed by atoms with Crippen molar-refractivity contribution in [3.8, 4) is 0 Å². The zero-order chi connectivity index (χ0) is 15.1. The van der Waals surface area contributed by atoms with Crippen molar-refractivity contribution in [2.24, 2.45) is 4.99 Å². The molecule has 0 aliphatic heterocycles. The molecule has 0 saturated carbocycles. The standard InChI is InChI=1S/C13H21N7S/c1-4-12-19-18-8-20(12)6-5-15-13(14-3)16-7-11-10(2)17-9-21-11/h8-9H,4-7H2,1-3H3,(H2,14,15,16). The van der Waals surface area contributed by atoms with E-state index in [-0.39, 0.29) is 0 Å². The molecule has 2 aromatic heterocycles. The SMILES string of the molecule is CCc1nncn1CCNC(=NC)NCc1scnc1C. The minimum absolute atomic E-state index is 0.739. The molecule has 0 bridgehead atoms. The number of hydrogen-bond acceptors (Lipinski definition) is 5. The average molecular weight is 307 g/mol. The molecule has 0 aliphatic rings. The highest BCUT2D eigenvalue weighted by Gasteiger charge is 2.04. The number of nitrogens with one attached hydrogen (secondary N) is 2. The van der Waals surface area contributed by atoms with Crippen molar-refractivity contribution < 1.29 is 0 Å². The van der Waals surface area contributed by atoms with Crippen LogP contribution in [0, 0.1) is 6.92 Å². The molecule has 2 heterocycles. The summed E-state index contributed by atoms with van der Waals surface area (Å²) >= 11 is 1.65. The summed E-state index contributed by atoms with van der Waals surface area (Å²) in [6.07, 6.45) is 2.65. The van der Waals surface area contributed by atoms with Gasteiger partial charge in [0.2, 0.25) is 0 Å². The maximum Gasteiger partial charge on any atom is 0.191 e. The van der Waals surface area contributed by atoms with Crippen LogP contribution in [0.5, 0.6) is 0 Å². The molecule has 0 unspecified atom stereocenters. The highest BCUT2D eigenvalue weighted by Crippen LogP contribution is 2.10. The quantitative estimate of drug-likeness (QED) is 0.614. The van der Waals surface area contributed by atoms with Crippen LogP contribution in [0.1, 0.15) is 23.3 Å². The van der Waals surface area contributed by atoms with Gasteiger partial charge in [-0.3, -0.25) is 4.99 Å². The second-order valence-electron chi connectivity index (χ2n) is 4.51. The first-order valence-corrected chi connectivity index (χ1v) is 7.82. The van der Waals surface area contributed by atoms with Gasteiger partial charge in [0.25, 0.3) is 0 Å². The molecule has 2 N–H and O–H groups in total. The number of aromatic nitrogens is 4. The Balaban J connectivity index is 1.77. The Morgan fingerprint density at radius 2 is 2.29 bits per heavy atom. The summed E-state index contributed by atoms with van der Waals surface area (Å²) in [5.41, 5.74) is 2.93. The molecule has 0 radical (unpaired) electrons. The second-order valence-corrected chi connectivity index (χ2v) is 5.45. The third-order valence-electron chi connectivity index (χ3n) is 3.14. The van der Waals surface area contributed by atoms with Crippen LogP contribution >= 0.6 is 11.3 Å². The van der Waals surface area contributed by atoms with Crippen molar-refractivity contribution in [3.05, 3.63) is 28.2 Å². The minimum atomic E-state index is 0.739. The van der Waals surface area contributed by atoms with Gasteiger partial charge in [0.1, 0.15) is 12.2 Å². The zero-order valence-corrected chi connectivity index (χ0v) is 13.4. The molecule has 8 heteroatoms. The van der Waals surface area contributed by atoms with Gasteiger partial charge in [-0.15, -0.1) is 21.5 Å². The van der Waals surface area contributed by atoms with Crippen LogP contribution < -0.4 is 10.6 Å². The van der Waals surface area contributed by atoms with E-state index in [0.29, 0.717) is 0 Å². The van der Waals surface area contributed by atoms with Crippen molar-refractivity contribution in [2.75, 3.05) is 13.6 Å². The summed E-state index contributed by atoms with van der Waals surface area (Å²) in [7, 11) is 1.77. The monoisotopic (exact) mass is 307 g/mol. The van der Waals surface area contributed by atoms with Crippen molar-refractivity contribution in [1.29, 1.82) is 0 Å². The molecule has 2 aromatic rings. The molecule has 0 fully saturated rings. The molecule has 0 spiro atoms. The Morgan fingerprint density at radius 3 is 2.95 bits per heavy atom. The molecule has 21 heavy (non-hydrogen) atoms. The topological polar surface area (TPSA) is 80.0 Å². The van der Waals surface area contributed by atoms with E-state index in [1.807, 2.05) is 17.0 Å². The Morgan fingerprint density at radius 1 is 1.43 bits per heavy atom. The van der Waals surface area contributed by atoms with Crippen LogP contribution in [0.15, 0.2) is 16.8 Å². The van der Waals surface area contributed by atoms with Crippen LogP contribution in [0.2, 0.25) is 0 Å². The molecule has 7 nitrogen and oxygen atoms in total. The predicted octanol–water partition coefficient (Wildman–Crippen LogP) is 0.971. The first kappa shape index (κ1) is 15.4. The molecule has 0 aromatic carbocycles. The van der Waals surface area contributed by atoms with Crippen LogP contribution in [0.3, 0.4) is 0 Å². The third-order valence-corrected chi connectivity index (χ3v) is 4.08. The lowest BCUT2D eigenvalue weighted by Gasteiger charge is -2.12. The van der Waals surface area contributed by atoms with Gasteiger partial charge in [-0.25, -0.2) is 4.98 Å². The van der Waals surface area contributed by atoms with E-state index in [2.05, 4.69) is 37.7 Å². The molecule has 114 valence electrons. The smallest absolute Gasteiger partial charge is 0.191 e. The Kier molecular flexibility index (Phi) is 5.68. The molecular formula is C13H21N7S. The van der Waals surface area contributed by atoms with Crippen LogP contribution in [0.4, 0.5) is 0 Å². The van der Waals surface area contributed by atoms with Crippen molar-refractivity contribution in [2.45, 2.75) is 33.4 Å². The van der Waals surface area contributed by atoms with Gasteiger partial charge in [0.15, 0.2) is 5.96 Å². The van der Waals surface area contributed by atoms with Gasteiger partial charge in [-0.1, -0.05) is 6.92 Å². The highest BCUT2D eigenvalue weighted by atomic mass is 32.1. The van der Waals surface area contributed by atoms with E-state index in [9.17, 15) is 0 Å². The summed E-state index contributed by atoms with van der Waals surface area (Å²) in [6.45, 7) is 6.42. The molecule has 0 atom stereocenters. The average Bonchev–Trinajstić information content (AvgIpc) is 3.11. The fourth-order valence-corrected chi connectivity index (χ4v) is 2.63. The van der Waals surface area contributed by atoms with E-state index < -0.39 is 0 Å². The molecule has 0 amide bonds. The maximum atomic E-state index is 4.24. The normalized spacial score (nSPS) is 11.7. The Hall–Kier alpha value is -1.96. The lowest BCUT2D eigenvalue weighted by atomic mass is 10.4. The summed E-state index contributed by atoms with van der Waals surface area (Å²) in [6, 6.07) is 0. The van der Waals surface area contributed by atoms with Gasteiger partial charge < -0.3 is 15.2 Å². The van der Waals surface area contributed by atoms with Crippen LogP contribution in [0.25, 0.3) is 0 Å². The van der Waals surface area contributed by atoms with Gasteiger partial charge >= 0.3 is 0 Å². The van der Waals surface area contributed by atoms with E-state index in [1.165, 1.54) is 4.88 Å². The molecule has 2 rings (SSSR count). The van der Waals surface area contributed by atoms with E-state index >= 15 is 0 Å². The predicted molar refractivity (Wildman–Crippen MR) is 84.5 cm³/mol. The third kappa shape index (κ3) is 4.25. The largest absolute Gasteiger partial charge is 0.355 e. The number of rotatable bonds is 6. The van der Waals surface area contributed by atoms with E-state index in [1.54, 1.807) is 24.7 Å². The van der Waals surface area contributed by atoms with E-state index in [0.717, 1.165) is 43.5 Å². The first-order chi connectivity index (χ1) is 10.2. The van der Waals surface area contributed by atoms with Gasteiger partial charge in [0, 0.05) is 31.4 Å². The number of nitrogens with zero attached hydrogens (tertiary/aromatic N) is 5. The summed E-state index contributed by atoms with van der Waals surface area (Å²) < 4.78 is 2.05. The maximum absolute atomic E-state index is 4.24. The number of aryl methyl sites for hydroxylation is 2. The summed E-state index contributed by atoms with van der Waals surface area (Å²) in [5, 5.41) is 14.6. The fraction of sp³-hybridized carbons (Fsp3) is 0.538. The van der Waals surface area contributed by atoms with Crippen LogP contribution in [-0.4, -0.2) is 39.3 Å².